The molecule has 162 valence electrons. The predicted octanol–water partition coefficient (Wildman–Crippen LogP) is 3.61. The number of halogens is 1. The van der Waals surface area contributed by atoms with E-state index in [9.17, 15) is 4.79 Å². The first kappa shape index (κ1) is 22.7. The third-order valence-corrected chi connectivity index (χ3v) is 6.27. The molecule has 0 aliphatic carbocycles. The summed E-state index contributed by atoms with van der Waals surface area (Å²) < 4.78 is 8.31. The van der Waals surface area contributed by atoms with Crippen LogP contribution in [0.1, 0.15) is 29.4 Å². The maximum absolute atomic E-state index is 13.3. The zero-order valence-corrected chi connectivity index (χ0v) is 19.0. The minimum Gasteiger partial charge on any atom is -0.379 e. The Morgan fingerprint density at radius 3 is 2.77 bits per heavy atom. The van der Waals surface area contributed by atoms with Crippen molar-refractivity contribution in [2.75, 3.05) is 44.3 Å². The summed E-state index contributed by atoms with van der Waals surface area (Å²) >= 11 is 1.57. The molecule has 1 aliphatic heterocycles. The first-order valence-electron chi connectivity index (χ1n) is 10.2. The highest BCUT2D eigenvalue weighted by molar-refractivity contribution is 7.22. The molecule has 0 N–H and O–H groups in total. The van der Waals surface area contributed by atoms with Crippen molar-refractivity contribution in [3.63, 3.8) is 0 Å². The number of anilines is 1. The maximum Gasteiger partial charge on any atom is 0.280 e. The number of aromatic nitrogens is 3. The van der Waals surface area contributed by atoms with Crippen LogP contribution in [0.25, 0.3) is 10.2 Å². The number of benzene rings is 1. The molecule has 1 aliphatic rings. The molecule has 30 heavy (non-hydrogen) atoms. The minimum absolute atomic E-state index is 0. The van der Waals surface area contributed by atoms with Gasteiger partial charge < -0.3 is 4.74 Å². The van der Waals surface area contributed by atoms with Gasteiger partial charge in [0.2, 0.25) is 0 Å². The van der Waals surface area contributed by atoms with Crippen molar-refractivity contribution in [2.24, 2.45) is 0 Å². The fraction of sp³-hybridized carbons (Fsp3) is 0.476. The maximum atomic E-state index is 13.3. The Hall–Kier alpha value is -2.00. The van der Waals surface area contributed by atoms with Crippen LogP contribution in [0.2, 0.25) is 0 Å². The van der Waals surface area contributed by atoms with Crippen LogP contribution in [0.15, 0.2) is 30.5 Å². The number of rotatable bonds is 7. The van der Waals surface area contributed by atoms with E-state index in [2.05, 4.69) is 29.1 Å². The lowest BCUT2D eigenvalue weighted by molar-refractivity contribution is 0.0376. The number of amides is 1. The summed E-state index contributed by atoms with van der Waals surface area (Å²) in [5, 5.41) is 5.16. The lowest BCUT2D eigenvalue weighted by Gasteiger charge is -2.27. The Kier molecular flexibility index (Phi) is 7.82. The van der Waals surface area contributed by atoms with Gasteiger partial charge >= 0.3 is 0 Å². The topological polar surface area (TPSA) is 63.5 Å². The van der Waals surface area contributed by atoms with Crippen LogP contribution < -0.4 is 4.90 Å². The monoisotopic (exact) mass is 449 g/mol. The highest BCUT2D eigenvalue weighted by atomic mass is 35.5. The standard InChI is InChI=1S/C21H27N5O2S.ClH/c1-3-25-11-8-17(23-25)20(27)26(10-5-9-24-12-14-28-15-13-24)21-22-19-16(2)6-4-7-18(19)29-21;/h4,6-8,11H,3,5,9-10,12-15H2,1-2H3;1H. The third kappa shape index (κ3) is 5.00. The van der Waals surface area contributed by atoms with Crippen LogP contribution in [-0.2, 0) is 11.3 Å². The van der Waals surface area contributed by atoms with Crippen LogP contribution in [0, 0.1) is 6.92 Å². The molecule has 4 rings (SSSR count). The largest absolute Gasteiger partial charge is 0.379 e. The molecule has 2 aromatic heterocycles. The van der Waals surface area contributed by atoms with Gasteiger partial charge in [-0.1, -0.05) is 23.5 Å². The Morgan fingerprint density at radius 1 is 1.27 bits per heavy atom. The van der Waals surface area contributed by atoms with E-state index < -0.39 is 0 Å². The third-order valence-electron chi connectivity index (χ3n) is 5.23. The number of nitrogens with zero attached hydrogens (tertiary/aromatic N) is 5. The Labute approximate surface area is 187 Å². The molecule has 3 heterocycles. The fourth-order valence-corrected chi connectivity index (χ4v) is 4.61. The summed E-state index contributed by atoms with van der Waals surface area (Å²) in [5.74, 6) is -0.0871. The average Bonchev–Trinajstić information content (AvgIpc) is 3.39. The quantitative estimate of drug-likeness (QED) is 0.551. The van der Waals surface area contributed by atoms with Crippen molar-refractivity contribution in [3.8, 4) is 0 Å². The molecule has 1 amide bonds. The number of carbonyl (C=O) groups is 1. The summed E-state index contributed by atoms with van der Waals surface area (Å²) in [5.41, 5.74) is 2.56. The van der Waals surface area contributed by atoms with Gasteiger partial charge in [-0.3, -0.25) is 19.3 Å². The number of morpholine rings is 1. The van der Waals surface area contributed by atoms with Crippen molar-refractivity contribution in [1.29, 1.82) is 0 Å². The van der Waals surface area contributed by atoms with E-state index in [1.807, 2.05) is 19.2 Å². The van der Waals surface area contributed by atoms with Gasteiger partial charge in [-0.15, -0.1) is 12.4 Å². The van der Waals surface area contributed by atoms with Crippen LogP contribution in [-0.4, -0.2) is 65.0 Å². The van der Waals surface area contributed by atoms with E-state index in [4.69, 9.17) is 9.72 Å². The summed E-state index contributed by atoms with van der Waals surface area (Å²) in [6, 6.07) is 7.94. The van der Waals surface area contributed by atoms with Crippen LogP contribution in [0.5, 0.6) is 0 Å². The Morgan fingerprint density at radius 2 is 2.07 bits per heavy atom. The fourth-order valence-electron chi connectivity index (χ4n) is 3.54. The number of thiazole rings is 1. The molecule has 0 spiro atoms. The summed E-state index contributed by atoms with van der Waals surface area (Å²) in [6.45, 7) is 9.85. The van der Waals surface area contributed by atoms with Gasteiger partial charge in [0.25, 0.3) is 5.91 Å². The molecule has 9 heteroatoms. The molecule has 0 atom stereocenters. The molecule has 1 fully saturated rings. The zero-order valence-electron chi connectivity index (χ0n) is 17.4. The van der Waals surface area contributed by atoms with Gasteiger partial charge in [0.1, 0.15) is 0 Å². The van der Waals surface area contributed by atoms with E-state index >= 15 is 0 Å². The normalized spacial score (nSPS) is 14.6. The molecular formula is C21H28ClN5O2S. The second-order valence-electron chi connectivity index (χ2n) is 7.24. The van der Waals surface area contributed by atoms with E-state index in [-0.39, 0.29) is 18.3 Å². The van der Waals surface area contributed by atoms with Crippen LogP contribution in [0.4, 0.5) is 5.13 Å². The number of aryl methyl sites for hydroxylation is 2. The number of hydrogen-bond acceptors (Lipinski definition) is 6. The summed E-state index contributed by atoms with van der Waals surface area (Å²) in [6.07, 6.45) is 2.73. The van der Waals surface area contributed by atoms with E-state index in [1.54, 1.807) is 27.0 Å². The van der Waals surface area contributed by atoms with Crippen LogP contribution in [0.3, 0.4) is 0 Å². The van der Waals surface area contributed by atoms with Crippen molar-refractivity contribution < 1.29 is 9.53 Å². The number of hydrogen-bond donors (Lipinski definition) is 0. The van der Waals surface area contributed by atoms with Crippen molar-refractivity contribution in [1.82, 2.24) is 19.7 Å². The molecule has 0 radical (unpaired) electrons. The number of para-hydroxylation sites is 1. The summed E-state index contributed by atoms with van der Waals surface area (Å²) in [7, 11) is 0. The average molecular weight is 450 g/mol. The number of carbonyl (C=O) groups excluding carboxylic acids is 1. The molecular weight excluding hydrogens is 422 g/mol. The summed E-state index contributed by atoms with van der Waals surface area (Å²) in [4.78, 5) is 22.3. The number of fused-ring (bicyclic) bond motifs is 1. The first-order chi connectivity index (χ1) is 14.2. The Bertz CT molecular complexity index is 983. The molecule has 0 unspecified atom stereocenters. The van der Waals surface area contributed by atoms with Gasteiger partial charge in [-0.2, -0.15) is 5.10 Å². The highest BCUT2D eigenvalue weighted by Gasteiger charge is 2.24. The van der Waals surface area contributed by atoms with Gasteiger partial charge in [0.15, 0.2) is 10.8 Å². The minimum atomic E-state index is -0.0871. The van der Waals surface area contributed by atoms with Gasteiger partial charge in [0.05, 0.1) is 23.4 Å². The second kappa shape index (κ2) is 10.3. The van der Waals surface area contributed by atoms with Gasteiger partial charge in [0, 0.05) is 38.9 Å². The smallest absolute Gasteiger partial charge is 0.280 e. The second-order valence-corrected chi connectivity index (χ2v) is 8.25. The predicted molar refractivity (Wildman–Crippen MR) is 123 cm³/mol. The van der Waals surface area contributed by atoms with Crippen molar-refractivity contribution >= 4 is 45.0 Å². The molecule has 1 aromatic carbocycles. The molecule has 1 saturated heterocycles. The lowest BCUT2D eigenvalue weighted by atomic mass is 10.2. The van der Waals surface area contributed by atoms with Crippen molar-refractivity contribution in [3.05, 3.63) is 41.7 Å². The van der Waals surface area contributed by atoms with Crippen LogP contribution >= 0.6 is 23.7 Å². The number of ether oxygens (including phenoxy) is 1. The van der Waals surface area contributed by atoms with E-state index in [0.29, 0.717) is 12.2 Å². The Balaban J connectivity index is 0.00000256. The van der Waals surface area contributed by atoms with E-state index in [1.165, 1.54) is 0 Å². The molecule has 0 saturated carbocycles. The SMILES string of the molecule is CCn1ccc(C(=O)N(CCCN2CCOCC2)c2nc3c(C)cccc3s2)n1.Cl. The lowest BCUT2D eigenvalue weighted by Crippen LogP contribution is -2.39. The van der Waals surface area contributed by atoms with E-state index in [0.717, 1.165) is 66.7 Å². The van der Waals surface area contributed by atoms with Gasteiger partial charge in [-0.25, -0.2) is 4.98 Å². The molecule has 3 aromatic rings. The first-order valence-corrected chi connectivity index (χ1v) is 11.0. The highest BCUT2D eigenvalue weighted by Crippen LogP contribution is 2.31. The molecule has 7 nitrogen and oxygen atoms in total. The van der Waals surface area contributed by atoms with Crippen molar-refractivity contribution in [2.45, 2.75) is 26.8 Å². The molecule has 0 bridgehead atoms. The zero-order chi connectivity index (χ0) is 20.2. The van der Waals surface area contributed by atoms with Gasteiger partial charge in [-0.05, 0) is 38.0 Å².